The van der Waals surface area contributed by atoms with E-state index >= 15 is 0 Å². The summed E-state index contributed by atoms with van der Waals surface area (Å²) in [5.41, 5.74) is -2.46. The number of carbonyl (C=O) groups is 1. The minimum Gasteiger partial charge on any atom is -0.352 e. The zero-order valence-electron chi connectivity index (χ0n) is 23.9. The third-order valence-corrected chi connectivity index (χ3v) is 8.30. The Balaban J connectivity index is 1.38. The van der Waals surface area contributed by atoms with E-state index in [2.05, 4.69) is 10.6 Å². The maximum absolute atomic E-state index is 13.4. The largest absolute Gasteiger partial charge is 0.416 e. The Kier molecular flexibility index (Phi) is 9.44. The van der Waals surface area contributed by atoms with Crippen LogP contribution in [0.1, 0.15) is 60.9 Å². The number of rotatable bonds is 8. The lowest BCUT2D eigenvalue weighted by molar-refractivity contribution is -0.143. The molecule has 0 radical (unpaired) electrons. The standard InChI is InChI=1S/C32H31F9N2O/c1-19(2)29(28(44)43-18-21-13-25(31(36,37)38)15-26(14-21)32(39,40)41)12-11-27(16-29)42-17-20-3-5-22(6-4-20)23-7-9-24(10-8-23)30(33,34)35/h3-10,13-15,19,27,42H,11-12,16-18H2,1-2H3,(H,43,44)/t27-,29+/m1/s1. The molecule has 1 aliphatic rings. The van der Waals surface area contributed by atoms with Gasteiger partial charge in [0.1, 0.15) is 0 Å². The average Bonchev–Trinajstić information content (AvgIpc) is 3.40. The number of alkyl halides is 9. The van der Waals surface area contributed by atoms with E-state index in [0.29, 0.717) is 43.5 Å². The molecule has 0 bridgehead atoms. The third kappa shape index (κ3) is 7.75. The molecule has 1 saturated carbocycles. The van der Waals surface area contributed by atoms with Crippen molar-refractivity contribution in [3.63, 3.8) is 0 Å². The maximum atomic E-state index is 13.4. The summed E-state index contributed by atoms with van der Waals surface area (Å²) in [5, 5.41) is 6.00. The summed E-state index contributed by atoms with van der Waals surface area (Å²) in [5.74, 6) is -0.576. The molecule has 1 fully saturated rings. The summed E-state index contributed by atoms with van der Waals surface area (Å²) in [6.07, 6.45) is -12.8. The molecule has 12 heteroatoms. The first-order valence-corrected chi connectivity index (χ1v) is 13.9. The van der Waals surface area contributed by atoms with E-state index in [1.807, 2.05) is 26.0 Å². The summed E-state index contributed by atoms with van der Waals surface area (Å²) in [4.78, 5) is 13.4. The second-order valence-corrected chi connectivity index (χ2v) is 11.5. The molecule has 0 spiro atoms. The van der Waals surface area contributed by atoms with Gasteiger partial charge >= 0.3 is 18.5 Å². The molecule has 4 rings (SSSR count). The molecule has 238 valence electrons. The van der Waals surface area contributed by atoms with E-state index in [1.165, 1.54) is 12.1 Å². The fourth-order valence-electron chi connectivity index (χ4n) is 5.65. The monoisotopic (exact) mass is 630 g/mol. The Bertz CT molecular complexity index is 1410. The zero-order valence-corrected chi connectivity index (χ0v) is 23.9. The van der Waals surface area contributed by atoms with E-state index in [1.54, 1.807) is 12.1 Å². The molecule has 44 heavy (non-hydrogen) atoms. The number of hydrogen-bond acceptors (Lipinski definition) is 2. The molecule has 3 nitrogen and oxygen atoms in total. The van der Waals surface area contributed by atoms with Crippen molar-refractivity contribution in [2.45, 2.75) is 70.8 Å². The van der Waals surface area contributed by atoms with Crippen LogP contribution in [0.2, 0.25) is 0 Å². The molecule has 0 heterocycles. The first-order valence-electron chi connectivity index (χ1n) is 13.9. The highest BCUT2D eigenvalue weighted by Crippen LogP contribution is 2.45. The van der Waals surface area contributed by atoms with Crippen LogP contribution in [-0.4, -0.2) is 11.9 Å². The van der Waals surface area contributed by atoms with Gasteiger partial charge in [0.2, 0.25) is 5.91 Å². The van der Waals surface area contributed by atoms with Gasteiger partial charge in [0.15, 0.2) is 0 Å². The Morgan fingerprint density at radius 2 is 1.23 bits per heavy atom. The zero-order chi connectivity index (χ0) is 32.5. The van der Waals surface area contributed by atoms with Crippen LogP contribution in [0.25, 0.3) is 11.1 Å². The fraction of sp³-hybridized carbons (Fsp3) is 0.406. The summed E-state index contributed by atoms with van der Waals surface area (Å²) >= 11 is 0. The van der Waals surface area contributed by atoms with Crippen molar-refractivity contribution < 1.29 is 44.3 Å². The van der Waals surface area contributed by atoms with Gasteiger partial charge in [-0.3, -0.25) is 4.79 Å². The highest BCUT2D eigenvalue weighted by atomic mass is 19.4. The molecule has 3 aromatic carbocycles. The van der Waals surface area contributed by atoms with Gasteiger partial charge in [0, 0.05) is 19.1 Å². The highest BCUT2D eigenvalue weighted by Gasteiger charge is 2.47. The number of nitrogens with one attached hydrogen (secondary N) is 2. The second kappa shape index (κ2) is 12.5. The van der Waals surface area contributed by atoms with Gasteiger partial charge in [0.25, 0.3) is 0 Å². The summed E-state index contributed by atoms with van der Waals surface area (Å²) in [6.45, 7) is 3.68. The fourth-order valence-corrected chi connectivity index (χ4v) is 5.65. The predicted molar refractivity (Wildman–Crippen MR) is 147 cm³/mol. The maximum Gasteiger partial charge on any atom is 0.416 e. The van der Waals surface area contributed by atoms with Crippen molar-refractivity contribution in [1.29, 1.82) is 0 Å². The lowest BCUT2D eigenvalue weighted by atomic mass is 9.74. The van der Waals surface area contributed by atoms with Gasteiger partial charge in [-0.05, 0) is 77.8 Å². The van der Waals surface area contributed by atoms with Crippen molar-refractivity contribution in [2.24, 2.45) is 11.3 Å². The molecule has 2 atom stereocenters. The van der Waals surface area contributed by atoms with Gasteiger partial charge in [-0.2, -0.15) is 39.5 Å². The molecular weight excluding hydrogens is 599 g/mol. The lowest BCUT2D eigenvalue weighted by Gasteiger charge is -2.32. The van der Waals surface area contributed by atoms with E-state index in [4.69, 9.17) is 0 Å². The van der Waals surface area contributed by atoms with Crippen molar-refractivity contribution in [1.82, 2.24) is 10.6 Å². The quantitative estimate of drug-likeness (QED) is 0.244. The SMILES string of the molecule is CC(C)[C@]1(C(=O)NCc2cc(C(F)(F)F)cc(C(F)(F)F)c2)CC[C@@H](NCc2ccc(-c3ccc(C(F)(F)F)cc3)cc2)C1. The van der Waals surface area contributed by atoms with Crippen molar-refractivity contribution >= 4 is 5.91 Å². The van der Waals surface area contributed by atoms with Crippen LogP contribution in [0, 0.1) is 11.3 Å². The number of halogens is 9. The Morgan fingerprint density at radius 3 is 1.70 bits per heavy atom. The van der Waals surface area contributed by atoms with Gasteiger partial charge in [-0.1, -0.05) is 50.2 Å². The van der Waals surface area contributed by atoms with E-state index in [-0.39, 0.29) is 23.6 Å². The number of hydrogen-bond donors (Lipinski definition) is 2. The van der Waals surface area contributed by atoms with Crippen LogP contribution in [0.15, 0.2) is 66.7 Å². The number of carbonyl (C=O) groups excluding carboxylic acids is 1. The first kappa shape index (κ1) is 33.4. The van der Waals surface area contributed by atoms with Crippen molar-refractivity contribution in [2.75, 3.05) is 0 Å². The van der Waals surface area contributed by atoms with Gasteiger partial charge in [-0.25, -0.2) is 0 Å². The third-order valence-electron chi connectivity index (χ3n) is 8.30. The van der Waals surface area contributed by atoms with Crippen LogP contribution >= 0.6 is 0 Å². The molecule has 1 amide bonds. The molecule has 3 aromatic rings. The van der Waals surface area contributed by atoms with E-state index in [0.717, 1.165) is 23.3 Å². The Hall–Kier alpha value is -3.54. The molecule has 0 aliphatic heterocycles. The van der Waals surface area contributed by atoms with Crippen LogP contribution in [0.4, 0.5) is 39.5 Å². The molecule has 0 saturated heterocycles. The second-order valence-electron chi connectivity index (χ2n) is 11.5. The average molecular weight is 631 g/mol. The van der Waals surface area contributed by atoms with Gasteiger partial charge < -0.3 is 10.6 Å². The van der Waals surface area contributed by atoms with Crippen molar-refractivity contribution in [3.05, 3.63) is 94.5 Å². The lowest BCUT2D eigenvalue weighted by Crippen LogP contribution is -2.43. The molecule has 0 aromatic heterocycles. The first-order chi connectivity index (χ1) is 20.4. The van der Waals surface area contributed by atoms with Crippen molar-refractivity contribution in [3.8, 4) is 11.1 Å². The molecule has 1 aliphatic carbocycles. The smallest absolute Gasteiger partial charge is 0.352 e. The van der Waals surface area contributed by atoms with Gasteiger partial charge in [0.05, 0.1) is 22.1 Å². The normalized spacial score (nSPS) is 19.4. The van der Waals surface area contributed by atoms with Gasteiger partial charge in [-0.15, -0.1) is 0 Å². The Morgan fingerprint density at radius 1 is 0.727 bits per heavy atom. The minimum absolute atomic E-state index is 0.0520. The van der Waals surface area contributed by atoms with Crippen LogP contribution in [-0.2, 0) is 36.4 Å². The Labute approximate surface area is 248 Å². The number of amides is 1. The summed E-state index contributed by atoms with van der Waals surface area (Å²) in [6, 6.07) is 13.4. The van der Waals surface area contributed by atoms with E-state index < -0.39 is 53.1 Å². The molecule has 2 N–H and O–H groups in total. The van der Waals surface area contributed by atoms with E-state index in [9.17, 15) is 44.3 Å². The van der Waals surface area contributed by atoms with Crippen LogP contribution in [0.5, 0.6) is 0 Å². The minimum atomic E-state index is -4.98. The predicted octanol–water partition coefficient (Wildman–Crippen LogP) is 9.01. The van der Waals surface area contributed by atoms with Crippen LogP contribution < -0.4 is 10.6 Å². The number of benzene rings is 3. The molecule has 0 unspecified atom stereocenters. The summed E-state index contributed by atoms with van der Waals surface area (Å²) < 4.78 is 118. The topological polar surface area (TPSA) is 41.1 Å². The van der Waals surface area contributed by atoms with Crippen LogP contribution in [0.3, 0.4) is 0 Å². The highest BCUT2D eigenvalue weighted by molar-refractivity contribution is 5.83. The molecular formula is C32H31F9N2O. The summed E-state index contributed by atoms with van der Waals surface area (Å²) in [7, 11) is 0.